The Bertz CT molecular complexity index is 1070. The summed E-state index contributed by atoms with van der Waals surface area (Å²) in [7, 11) is 7.74. The maximum atomic E-state index is 9.38. The molecule has 2 unspecified atom stereocenters. The summed E-state index contributed by atoms with van der Waals surface area (Å²) in [6.07, 6.45) is 1.78. The maximum absolute atomic E-state index is 9.38. The second-order valence-corrected chi connectivity index (χ2v) is 9.37. The van der Waals surface area contributed by atoms with Gasteiger partial charge in [-0.15, -0.1) is 0 Å². The van der Waals surface area contributed by atoms with Crippen LogP contribution in [-0.4, -0.2) is 53.9 Å². The molecule has 0 fully saturated rings. The lowest BCUT2D eigenvalue weighted by Crippen LogP contribution is -2.19. The van der Waals surface area contributed by atoms with Crippen molar-refractivity contribution in [3.63, 3.8) is 0 Å². The highest BCUT2D eigenvalue weighted by Crippen LogP contribution is 2.60. The van der Waals surface area contributed by atoms with Crippen LogP contribution in [-0.2, 0) is 12.8 Å². The molecule has 2 aromatic rings. The Morgan fingerprint density at radius 3 is 1.46 bits per heavy atom. The lowest BCUT2D eigenvalue weighted by Gasteiger charge is -2.32. The summed E-state index contributed by atoms with van der Waals surface area (Å²) >= 11 is 14.0. The van der Waals surface area contributed by atoms with Crippen LogP contribution in [0.4, 0.5) is 0 Å². The van der Waals surface area contributed by atoms with Crippen LogP contribution in [0.25, 0.3) is 11.1 Å². The average Bonchev–Trinajstić information content (AvgIpc) is 2.85. The van der Waals surface area contributed by atoms with Crippen LogP contribution in [0.1, 0.15) is 31.4 Å². The van der Waals surface area contributed by atoms with Crippen molar-refractivity contribution >= 4 is 23.2 Å². The molecule has 0 spiro atoms. The predicted octanol–water partition coefficient (Wildman–Crippen LogP) is 5.84. The smallest absolute Gasteiger partial charge is 0.205 e. The van der Waals surface area contributed by atoms with Gasteiger partial charge in [-0.2, -0.15) is 0 Å². The van der Waals surface area contributed by atoms with Crippen molar-refractivity contribution < 1.29 is 33.5 Å². The van der Waals surface area contributed by atoms with E-state index in [1.807, 2.05) is 0 Å². The van der Waals surface area contributed by atoms with Gasteiger partial charge in [0, 0.05) is 24.2 Å². The lowest BCUT2D eigenvalue weighted by atomic mass is 9.77. The van der Waals surface area contributed by atoms with Crippen LogP contribution in [0.5, 0.6) is 34.5 Å². The van der Waals surface area contributed by atoms with Crippen molar-refractivity contribution in [3.05, 3.63) is 21.2 Å². The highest BCUT2D eigenvalue weighted by atomic mass is 35.5. The zero-order chi connectivity index (χ0) is 25.9. The first-order valence-corrected chi connectivity index (χ1v) is 12.3. The summed E-state index contributed by atoms with van der Waals surface area (Å²) in [6, 6.07) is 0. The number of aliphatic hydroxyl groups is 1. The minimum Gasteiger partial charge on any atom is -0.492 e. The second-order valence-electron chi connectivity index (χ2n) is 8.62. The van der Waals surface area contributed by atoms with E-state index in [1.54, 1.807) is 21.3 Å². The molecule has 35 heavy (non-hydrogen) atoms. The molecule has 0 aliphatic heterocycles. The zero-order valence-corrected chi connectivity index (χ0v) is 22.9. The minimum atomic E-state index is -0.0134. The highest BCUT2D eigenvalue weighted by molar-refractivity contribution is 6.35. The van der Waals surface area contributed by atoms with Crippen molar-refractivity contribution in [2.75, 3.05) is 48.8 Å². The number of methoxy groups -OCH3 is 5. The Hall–Kier alpha value is -2.22. The van der Waals surface area contributed by atoms with Crippen molar-refractivity contribution in [3.8, 4) is 45.6 Å². The SMILES string of the molecule is COc1c(Cl)c2c(c(OC)c1OC)-c1c(c(Cl)c(OC)c(OC)c1OCCCO)CC(C)C(C)C2. The van der Waals surface area contributed by atoms with Gasteiger partial charge in [0.05, 0.1) is 52.2 Å². The number of halogens is 2. The Labute approximate surface area is 217 Å². The predicted molar refractivity (Wildman–Crippen MR) is 138 cm³/mol. The zero-order valence-electron chi connectivity index (χ0n) is 21.3. The van der Waals surface area contributed by atoms with Gasteiger partial charge < -0.3 is 33.5 Å². The fourth-order valence-corrected chi connectivity index (χ4v) is 5.33. The van der Waals surface area contributed by atoms with Crippen LogP contribution in [0.15, 0.2) is 0 Å². The van der Waals surface area contributed by atoms with Crippen LogP contribution in [0, 0.1) is 11.8 Å². The molecule has 1 N–H and O–H groups in total. The summed E-state index contributed by atoms with van der Waals surface area (Å²) in [4.78, 5) is 0. The van der Waals surface area contributed by atoms with Gasteiger partial charge in [-0.25, -0.2) is 0 Å². The Morgan fingerprint density at radius 2 is 1.06 bits per heavy atom. The molecule has 0 amide bonds. The Balaban J connectivity index is 2.58. The number of ether oxygens (including phenoxy) is 6. The van der Waals surface area contributed by atoms with Crippen LogP contribution in [0.3, 0.4) is 0 Å². The lowest BCUT2D eigenvalue weighted by molar-refractivity contribution is 0.226. The molecule has 0 bridgehead atoms. The van der Waals surface area contributed by atoms with E-state index in [1.165, 1.54) is 14.2 Å². The molecule has 0 heterocycles. The molecule has 0 radical (unpaired) electrons. The molecule has 2 atom stereocenters. The van der Waals surface area contributed by atoms with E-state index in [2.05, 4.69) is 13.8 Å². The number of fused-ring (bicyclic) bond motifs is 3. The normalized spacial score (nSPS) is 17.0. The van der Waals surface area contributed by atoms with Crippen molar-refractivity contribution in [2.24, 2.45) is 11.8 Å². The Kier molecular flexibility index (Phi) is 9.13. The molecular weight excluding hydrogens is 495 g/mol. The number of benzene rings is 2. The molecule has 194 valence electrons. The van der Waals surface area contributed by atoms with Crippen molar-refractivity contribution in [1.82, 2.24) is 0 Å². The molecule has 7 nitrogen and oxygen atoms in total. The van der Waals surface area contributed by atoms with Gasteiger partial charge >= 0.3 is 0 Å². The maximum Gasteiger partial charge on any atom is 0.205 e. The Morgan fingerprint density at radius 1 is 0.657 bits per heavy atom. The third kappa shape index (κ3) is 4.78. The summed E-state index contributed by atoms with van der Waals surface area (Å²) in [5, 5.41) is 10.3. The first-order valence-electron chi connectivity index (χ1n) is 11.5. The van der Waals surface area contributed by atoms with E-state index < -0.39 is 0 Å². The molecule has 1 aliphatic carbocycles. The molecule has 0 saturated carbocycles. The van der Waals surface area contributed by atoms with Gasteiger partial charge in [-0.3, -0.25) is 0 Å². The topological polar surface area (TPSA) is 75.6 Å². The summed E-state index contributed by atoms with van der Waals surface area (Å²) in [5.74, 6) is 2.96. The summed E-state index contributed by atoms with van der Waals surface area (Å²) in [6.45, 7) is 4.62. The summed E-state index contributed by atoms with van der Waals surface area (Å²) < 4.78 is 35.0. The van der Waals surface area contributed by atoms with E-state index in [0.29, 0.717) is 74.9 Å². The van der Waals surface area contributed by atoms with Gasteiger partial charge in [0.1, 0.15) is 0 Å². The number of rotatable bonds is 9. The second kappa shape index (κ2) is 11.7. The van der Waals surface area contributed by atoms with Crippen LogP contribution >= 0.6 is 23.2 Å². The van der Waals surface area contributed by atoms with E-state index in [4.69, 9.17) is 51.6 Å². The molecule has 9 heteroatoms. The van der Waals surface area contributed by atoms with E-state index in [-0.39, 0.29) is 25.0 Å². The minimum absolute atomic E-state index is 0.0134. The van der Waals surface area contributed by atoms with E-state index in [9.17, 15) is 5.11 Å². The highest BCUT2D eigenvalue weighted by Gasteiger charge is 2.37. The number of hydrogen-bond acceptors (Lipinski definition) is 7. The first-order chi connectivity index (χ1) is 16.8. The standard InChI is InChI=1S/C26H34Cl2O7/c1-13-11-15-17(21(30-3)25(33-6)23(31-4)19(15)27)18-16(12-14(13)2)20(28)24(32-5)26(34-7)22(18)35-10-8-9-29/h13-14,29H,8-12H2,1-7H3. The van der Waals surface area contributed by atoms with Crippen LogP contribution in [0.2, 0.25) is 10.0 Å². The third-order valence-electron chi connectivity index (χ3n) is 6.65. The first kappa shape index (κ1) is 27.4. The largest absolute Gasteiger partial charge is 0.492 e. The molecular formula is C26H34Cl2O7. The van der Waals surface area contributed by atoms with Gasteiger partial charge in [0.2, 0.25) is 11.5 Å². The number of hydrogen-bond donors (Lipinski definition) is 1. The monoisotopic (exact) mass is 528 g/mol. The number of aliphatic hydroxyl groups excluding tert-OH is 1. The van der Waals surface area contributed by atoms with E-state index >= 15 is 0 Å². The quantitative estimate of drug-likeness (QED) is 0.410. The van der Waals surface area contributed by atoms with E-state index in [0.717, 1.165) is 11.1 Å². The van der Waals surface area contributed by atoms with Gasteiger partial charge in [0.15, 0.2) is 23.0 Å². The molecule has 1 aliphatic rings. The average molecular weight is 529 g/mol. The van der Waals surface area contributed by atoms with Crippen molar-refractivity contribution in [1.29, 1.82) is 0 Å². The molecule has 0 saturated heterocycles. The van der Waals surface area contributed by atoms with Crippen LogP contribution < -0.4 is 28.4 Å². The van der Waals surface area contributed by atoms with Crippen molar-refractivity contribution in [2.45, 2.75) is 33.1 Å². The molecule has 0 aromatic heterocycles. The van der Waals surface area contributed by atoms with Gasteiger partial charge in [-0.1, -0.05) is 37.0 Å². The molecule has 2 aromatic carbocycles. The third-order valence-corrected chi connectivity index (χ3v) is 7.45. The molecule has 3 rings (SSSR count). The fourth-order valence-electron chi connectivity index (χ4n) is 4.67. The summed E-state index contributed by atoms with van der Waals surface area (Å²) in [5.41, 5.74) is 3.10. The van der Waals surface area contributed by atoms with Gasteiger partial charge in [-0.05, 0) is 35.8 Å². The van der Waals surface area contributed by atoms with Gasteiger partial charge in [0.25, 0.3) is 0 Å². The fraction of sp³-hybridized carbons (Fsp3) is 0.538.